The zero-order valence-electron chi connectivity index (χ0n) is 21.1. The number of pyridine rings is 1. The van der Waals surface area contributed by atoms with Crippen LogP contribution >= 0.6 is 0 Å². The number of alkyl halides is 3. The van der Waals surface area contributed by atoms with Crippen molar-refractivity contribution in [1.29, 1.82) is 5.41 Å². The molecule has 4 rings (SSSR count). The van der Waals surface area contributed by atoms with Crippen LogP contribution in [0.3, 0.4) is 0 Å². The summed E-state index contributed by atoms with van der Waals surface area (Å²) in [5.74, 6) is -3.68. The summed E-state index contributed by atoms with van der Waals surface area (Å²) in [6, 6.07) is 10.5. The largest absolute Gasteiger partial charge is 0.471 e. The Morgan fingerprint density at radius 3 is 2.47 bits per heavy atom. The maximum atomic E-state index is 13.5. The number of likely N-dealkylation sites (tertiary alicyclic amines) is 1. The molecule has 0 saturated carbocycles. The lowest BCUT2D eigenvalue weighted by Crippen LogP contribution is -2.52. The molecule has 1 fully saturated rings. The average Bonchev–Trinajstić information content (AvgIpc) is 3.18. The van der Waals surface area contributed by atoms with Gasteiger partial charge in [0.15, 0.2) is 0 Å². The van der Waals surface area contributed by atoms with Gasteiger partial charge in [0.2, 0.25) is 0 Å². The van der Waals surface area contributed by atoms with Crippen molar-refractivity contribution < 1.29 is 32.3 Å². The van der Waals surface area contributed by atoms with Crippen molar-refractivity contribution in [1.82, 2.24) is 20.1 Å². The van der Waals surface area contributed by atoms with Gasteiger partial charge in [0.1, 0.15) is 11.4 Å². The Bertz CT molecular complexity index is 1260. The standard InChI is InChI=1S/C26H28F3N5O4/c1-25(2,3)38-24(37)33-10-9-20(18(13-33)15-7-5-4-6-8-15)34-14-19-17(22(34)35)11-16(12-31-19)21(30)32-23(36)26(27,28)29/h4-8,11-12,18,20H,9-10,13-14H2,1-3H3,(H2,30,32,36)/t18-,20?/m0/s1. The first-order chi connectivity index (χ1) is 17.7. The van der Waals surface area contributed by atoms with E-state index < -0.39 is 29.6 Å². The minimum Gasteiger partial charge on any atom is -0.444 e. The van der Waals surface area contributed by atoms with E-state index in [2.05, 4.69) is 4.98 Å². The number of piperidine rings is 1. The summed E-state index contributed by atoms with van der Waals surface area (Å²) >= 11 is 0. The van der Waals surface area contributed by atoms with Crippen LogP contribution in [0.15, 0.2) is 42.6 Å². The number of hydrogen-bond acceptors (Lipinski definition) is 6. The van der Waals surface area contributed by atoms with Crippen LogP contribution in [-0.4, -0.2) is 69.4 Å². The van der Waals surface area contributed by atoms with Gasteiger partial charge in [0.05, 0.1) is 17.8 Å². The lowest BCUT2D eigenvalue weighted by Gasteiger charge is -2.43. The molecular formula is C26H28F3N5O4. The predicted molar refractivity (Wildman–Crippen MR) is 131 cm³/mol. The molecule has 12 heteroatoms. The molecule has 0 spiro atoms. The molecule has 2 N–H and O–H groups in total. The molecule has 2 aliphatic rings. The Balaban J connectivity index is 1.56. The normalized spacial score (nSPS) is 19.7. The number of carbonyl (C=O) groups is 3. The Kier molecular flexibility index (Phi) is 7.18. The summed E-state index contributed by atoms with van der Waals surface area (Å²) in [5.41, 5.74) is 0.764. The van der Waals surface area contributed by atoms with Crippen LogP contribution < -0.4 is 5.32 Å². The number of carbonyl (C=O) groups excluding carboxylic acids is 3. The summed E-state index contributed by atoms with van der Waals surface area (Å²) in [6.07, 6.45) is -3.94. The van der Waals surface area contributed by atoms with Crippen LogP contribution in [0.2, 0.25) is 0 Å². The Morgan fingerprint density at radius 2 is 1.84 bits per heavy atom. The molecule has 3 heterocycles. The number of rotatable bonds is 3. The van der Waals surface area contributed by atoms with Gasteiger partial charge < -0.3 is 19.9 Å². The van der Waals surface area contributed by atoms with Crippen molar-refractivity contribution in [2.24, 2.45) is 0 Å². The molecule has 38 heavy (non-hydrogen) atoms. The summed E-state index contributed by atoms with van der Waals surface area (Å²) in [6.45, 7) is 6.26. The fraction of sp³-hybridized carbons (Fsp3) is 0.423. The van der Waals surface area contributed by atoms with Crippen LogP contribution in [0.1, 0.15) is 60.3 Å². The van der Waals surface area contributed by atoms with E-state index in [1.165, 1.54) is 11.4 Å². The number of ether oxygens (including phenoxy) is 1. The molecule has 9 nitrogen and oxygen atoms in total. The van der Waals surface area contributed by atoms with Crippen LogP contribution in [0, 0.1) is 5.41 Å². The number of hydrogen-bond donors (Lipinski definition) is 2. The quantitative estimate of drug-likeness (QED) is 0.461. The van der Waals surface area contributed by atoms with Crippen molar-refractivity contribution >= 4 is 23.7 Å². The van der Waals surface area contributed by atoms with Gasteiger partial charge in [0, 0.05) is 36.8 Å². The van der Waals surface area contributed by atoms with Crippen LogP contribution in [0.25, 0.3) is 0 Å². The third-order valence-corrected chi connectivity index (χ3v) is 6.42. The highest BCUT2D eigenvalue weighted by Gasteiger charge is 2.43. The Hall–Kier alpha value is -3.96. The SMILES string of the molecule is CC(C)(C)OC(=O)N1CCC(N2Cc3ncc(C(=N)NC(=O)C(F)(F)F)cc3C2=O)[C@H](c2ccccc2)C1. The number of aromatic nitrogens is 1. The molecule has 3 amide bonds. The molecular weight excluding hydrogens is 503 g/mol. The van der Waals surface area contributed by atoms with Crippen LogP contribution in [0.5, 0.6) is 0 Å². The fourth-order valence-corrected chi connectivity index (χ4v) is 4.69. The molecule has 2 aromatic rings. The molecule has 1 aromatic carbocycles. The van der Waals surface area contributed by atoms with E-state index in [0.717, 1.165) is 11.8 Å². The highest BCUT2D eigenvalue weighted by molar-refractivity contribution is 6.09. The highest BCUT2D eigenvalue weighted by Crippen LogP contribution is 2.36. The van der Waals surface area contributed by atoms with Gasteiger partial charge in [-0.3, -0.25) is 20.0 Å². The second kappa shape index (κ2) is 10.1. The van der Waals surface area contributed by atoms with E-state index in [1.54, 1.807) is 30.6 Å². The maximum Gasteiger partial charge on any atom is 0.471 e. The summed E-state index contributed by atoms with van der Waals surface area (Å²) in [7, 11) is 0. The second-order valence-corrected chi connectivity index (χ2v) is 10.3. The Morgan fingerprint density at radius 1 is 1.16 bits per heavy atom. The third-order valence-electron chi connectivity index (χ3n) is 6.42. The monoisotopic (exact) mass is 531 g/mol. The van der Waals surface area contributed by atoms with Gasteiger partial charge in [-0.15, -0.1) is 0 Å². The van der Waals surface area contributed by atoms with Gasteiger partial charge in [-0.05, 0) is 38.8 Å². The smallest absolute Gasteiger partial charge is 0.444 e. The van der Waals surface area contributed by atoms with E-state index >= 15 is 0 Å². The summed E-state index contributed by atoms with van der Waals surface area (Å²) in [4.78, 5) is 45.0. The van der Waals surface area contributed by atoms with Crippen molar-refractivity contribution in [2.45, 2.75) is 57.5 Å². The first-order valence-corrected chi connectivity index (χ1v) is 12.0. The molecule has 1 aromatic heterocycles. The lowest BCUT2D eigenvalue weighted by atomic mass is 9.85. The van der Waals surface area contributed by atoms with Crippen molar-refractivity contribution in [3.8, 4) is 0 Å². The van der Waals surface area contributed by atoms with Crippen LogP contribution in [-0.2, 0) is 16.1 Å². The molecule has 2 atom stereocenters. The van der Waals surface area contributed by atoms with E-state index in [-0.39, 0.29) is 35.5 Å². The minimum absolute atomic E-state index is 0.115. The molecule has 0 bridgehead atoms. The summed E-state index contributed by atoms with van der Waals surface area (Å²) < 4.78 is 43.3. The molecule has 1 saturated heterocycles. The van der Waals surface area contributed by atoms with E-state index in [9.17, 15) is 27.6 Å². The van der Waals surface area contributed by atoms with Gasteiger partial charge in [-0.25, -0.2) is 4.79 Å². The number of halogens is 3. The number of amides is 3. The molecule has 0 aliphatic carbocycles. The van der Waals surface area contributed by atoms with Gasteiger partial charge in [-0.2, -0.15) is 13.2 Å². The second-order valence-electron chi connectivity index (χ2n) is 10.3. The van der Waals surface area contributed by atoms with E-state index in [0.29, 0.717) is 25.2 Å². The Labute approximate surface area is 217 Å². The van der Waals surface area contributed by atoms with Crippen molar-refractivity contribution in [2.75, 3.05) is 13.1 Å². The molecule has 202 valence electrons. The van der Waals surface area contributed by atoms with Crippen molar-refractivity contribution in [3.05, 3.63) is 65.0 Å². The van der Waals surface area contributed by atoms with Gasteiger partial charge >= 0.3 is 18.2 Å². The average molecular weight is 532 g/mol. The number of nitrogens with one attached hydrogen (secondary N) is 2. The molecule has 1 unspecified atom stereocenters. The number of benzene rings is 1. The minimum atomic E-state index is -5.15. The van der Waals surface area contributed by atoms with Gasteiger partial charge in [-0.1, -0.05) is 30.3 Å². The number of nitrogens with zero attached hydrogens (tertiary/aromatic N) is 3. The lowest BCUT2D eigenvalue weighted by molar-refractivity contribution is -0.171. The zero-order valence-corrected chi connectivity index (χ0v) is 21.1. The number of fused-ring (bicyclic) bond motifs is 1. The maximum absolute atomic E-state index is 13.5. The van der Waals surface area contributed by atoms with E-state index in [1.807, 2.05) is 30.3 Å². The summed E-state index contributed by atoms with van der Waals surface area (Å²) in [5, 5.41) is 9.32. The molecule has 0 radical (unpaired) electrons. The fourth-order valence-electron chi connectivity index (χ4n) is 4.69. The zero-order chi connectivity index (χ0) is 27.8. The van der Waals surface area contributed by atoms with Gasteiger partial charge in [0.25, 0.3) is 5.91 Å². The first-order valence-electron chi connectivity index (χ1n) is 12.0. The topological polar surface area (TPSA) is 116 Å². The van der Waals surface area contributed by atoms with Crippen molar-refractivity contribution in [3.63, 3.8) is 0 Å². The molecule has 2 aliphatic heterocycles. The van der Waals surface area contributed by atoms with Crippen LogP contribution in [0.4, 0.5) is 18.0 Å². The first kappa shape index (κ1) is 27.1. The van der Waals surface area contributed by atoms with E-state index in [4.69, 9.17) is 10.1 Å². The number of amidine groups is 1. The predicted octanol–water partition coefficient (Wildman–Crippen LogP) is 3.83. The third kappa shape index (κ3) is 5.79. The highest BCUT2D eigenvalue weighted by atomic mass is 19.4.